The van der Waals surface area contributed by atoms with Crippen LogP contribution in [0.1, 0.15) is 23.0 Å². The molecule has 0 bridgehead atoms. The fraction of sp³-hybridized carbons (Fsp3) is 0.312. The van der Waals surface area contributed by atoms with Gasteiger partial charge in [0.1, 0.15) is 5.76 Å². The maximum Gasteiger partial charge on any atom is 0.254 e. The Hall–Kier alpha value is -2.14. The quantitative estimate of drug-likeness (QED) is 0.815. The monoisotopic (exact) mass is 323 g/mol. The lowest BCUT2D eigenvalue weighted by Crippen LogP contribution is -2.26. The summed E-state index contributed by atoms with van der Waals surface area (Å²) in [6.45, 7) is 2.69. The molecule has 0 radical (unpaired) electrons. The molecule has 0 aliphatic rings. The van der Waals surface area contributed by atoms with E-state index in [0.29, 0.717) is 41.0 Å². The molecule has 118 valence electrons. The van der Waals surface area contributed by atoms with Crippen LogP contribution >= 0.6 is 11.6 Å². The predicted molar refractivity (Wildman–Crippen MR) is 83.7 cm³/mol. The summed E-state index contributed by atoms with van der Waals surface area (Å²) in [5.41, 5.74) is 0.430. The van der Waals surface area contributed by atoms with Gasteiger partial charge in [-0.3, -0.25) is 4.79 Å². The van der Waals surface area contributed by atoms with E-state index in [0.717, 1.165) is 0 Å². The molecule has 0 aliphatic carbocycles. The smallest absolute Gasteiger partial charge is 0.254 e. The fourth-order valence-corrected chi connectivity index (χ4v) is 2.32. The zero-order valence-corrected chi connectivity index (χ0v) is 13.5. The number of hydrogen-bond acceptors (Lipinski definition) is 4. The van der Waals surface area contributed by atoms with E-state index in [9.17, 15) is 4.79 Å². The minimum absolute atomic E-state index is 0.181. The molecule has 0 N–H and O–H groups in total. The predicted octanol–water partition coefficient (Wildman–Crippen LogP) is 3.61. The number of ether oxygens (including phenoxy) is 2. The number of hydrogen-bond donors (Lipinski definition) is 0. The number of benzene rings is 1. The minimum atomic E-state index is -0.181. The third-order valence-corrected chi connectivity index (χ3v) is 3.37. The maximum absolute atomic E-state index is 12.5. The molecule has 0 saturated carbocycles. The van der Waals surface area contributed by atoms with Crippen molar-refractivity contribution < 1.29 is 18.7 Å². The SMILES string of the molecule is CCOc1c(Cl)cc(C(=O)N(C)Cc2ccco2)cc1OC. The molecule has 0 unspecified atom stereocenters. The second-order valence-corrected chi connectivity index (χ2v) is 5.07. The Bertz CT molecular complexity index is 640. The Morgan fingerprint density at radius 2 is 2.18 bits per heavy atom. The summed E-state index contributed by atoms with van der Waals surface area (Å²) in [4.78, 5) is 14.0. The molecule has 0 atom stereocenters. The third-order valence-electron chi connectivity index (χ3n) is 3.08. The van der Waals surface area contributed by atoms with E-state index in [-0.39, 0.29) is 5.91 Å². The lowest BCUT2D eigenvalue weighted by Gasteiger charge is -2.18. The number of rotatable bonds is 6. The molecule has 1 aromatic heterocycles. The van der Waals surface area contributed by atoms with E-state index >= 15 is 0 Å². The molecular formula is C16H18ClNO4. The second kappa shape index (κ2) is 7.22. The van der Waals surface area contributed by atoms with Crippen molar-refractivity contribution in [3.63, 3.8) is 0 Å². The summed E-state index contributed by atoms with van der Waals surface area (Å²) in [6.07, 6.45) is 1.57. The van der Waals surface area contributed by atoms with E-state index in [2.05, 4.69) is 0 Å². The normalized spacial score (nSPS) is 10.4. The van der Waals surface area contributed by atoms with Gasteiger partial charge in [-0.2, -0.15) is 0 Å². The van der Waals surface area contributed by atoms with Gasteiger partial charge in [0.15, 0.2) is 11.5 Å². The lowest BCUT2D eigenvalue weighted by atomic mass is 10.1. The summed E-state index contributed by atoms with van der Waals surface area (Å²) < 4.78 is 15.9. The molecule has 1 amide bonds. The summed E-state index contributed by atoms with van der Waals surface area (Å²) >= 11 is 6.19. The van der Waals surface area contributed by atoms with Crippen molar-refractivity contribution in [3.05, 3.63) is 46.9 Å². The van der Waals surface area contributed by atoms with Crippen molar-refractivity contribution in [2.45, 2.75) is 13.5 Å². The Morgan fingerprint density at radius 1 is 1.41 bits per heavy atom. The van der Waals surface area contributed by atoms with Crippen LogP contribution in [0.5, 0.6) is 11.5 Å². The first-order valence-corrected chi connectivity index (χ1v) is 7.22. The fourth-order valence-electron chi connectivity index (χ4n) is 2.06. The van der Waals surface area contributed by atoms with Crippen molar-refractivity contribution in [1.29, 1.82) is 0 Å². The Labute approximate surface area is 134 Å². The standard InChI is InChI=1S/C16H18ClNO4/c1-4-21-15-13(17)8-11(9-14(15)20-3)16(19)18(2)10-12-6-5-7-22-12/h5-9H,4,10H2,1-3H3. The average molecular weight is 324 g/mol. The van der Waals surface area contributed by atoms with Crippen molar-refractivity contribution >= 4 is 17.5 Å². The first-order valence-electron chi connectivity index (χ1n) is 6.85. The van der Waals surface area contributed by atoms with Crippen LogP contribution in [0.25, 0.3) is 0 Å². The molecule has 5 nitrogen and oxygen atoms in total. The molecule has 0 saturated heterocycles. The van der Waals surface area contributed by atoms with Crippen molar-refractivity contribution in [1.82, 2.24) is 4.90 Å². The van der Waals surface area contributed by atoms with Crippen molar-refractivity contribution in [2.24, 2.45) is 0 Å². The molecule has 0 spiro atoms. The molecular weight excluding hydrogens is 306 g/mol. The van der Waals surface area contributed by atoms with Gasteiger partial charge < -0.3 is 18.8 Å². The highest BCUT2D eigenvalue weighted by Crippen LogP contribution is 2.36. The van der Waals surface area contributed by atoms with Gasteiger partial charge >= 0.3 is 0 Å². The van der Waals surface area contributed by atoms with Gasteiger partial charge in [-0.05, 0) is 31.2 Å². The molecule has 2 aromatic rings. The van der Waals surface area contributed by atoms with Gasteiger partial charge in [0.2, 0.25) is 0 Å². The molecule has 1 heterocycles. The highest BCUT2D eigenvalue weighted by molar-refractivity contribution is 6.32. The van der Waals surface area contributed by atoms with Gasteiger partial charge in [0, 0.05) is 12.6 Å². The number of carbonyl (C=O) groups excluding carboxylic acids is 1. The number of nitrogens with zero attached hydrogens (tertiary/aromatic N) is 1. The van der Waals surface area contributed by atoms with E-state index in [1.807, 2.05) is 13.0 Å². The zero-order valence-electron chi connectivity index (χ0n) is 12.8. The highest BCUT2D eigenvalue weighted by atomic mass is 35.5. The second-order valence-electron chi connectivity index (χ2n) is 4.66. The van der Waals surface area contributed by atoms with Gasteiger partial charge in [0.05, 0.1) is 31.5 Å². The summed E-state index contributed by atoms with van der Waals surface area (Å²) in [5, 5.41) is 0.343. The van der Waals surface area contributed by atoms with E-state index in [4.69, 9.17) is 25.5 Å². The van der Waals surface area contributed by atoms with Crippen LogP contribution in [-0.2, 0) is 6.54 Å². The van der Waals surface area contributed by atoms with Crippen LogP contribution < -0.4 is 9.47 Å². The van der Waals surface area contributed by atoms with Crippen LogP contribution in [0.2, 0.25) is 5.02 Å². The zero-order chi connectivity index (χ0) is 16.1. The molecule has 0 aliphatic heterocycles. The number of furan rings is 1. The van der Waals surface area contributed by atoms with Crippen LogP contribution in [0, 0.1) is 0 Å². The number of carbonyl (C=O) groups is 1. The Morgan fingerprint density at radius 3 is 2.77 bits per heavy atom. The molecule has 22 heavy (non-hydrogen) atoms. The average Bonchev–Trinajstić information content (AvgIpc) is 3.01. The van der Waals surface area contributed by atoms with Gasteiger partial charge in [-0.25, -0.2) is 0 Å². The molecule has 2 rings (SSSR count). The Balaban J connectivity index is 2.24. The lowest BCUT2D eigenvalue weighted by molar-refractivity contribution is 0.0775. The number of halogens is 1. The van der Waals surface area contributed by atoms with Gasteiger partial charge in [-0.1, -0.05) is 11.6 Å². The van der Waals surface area contributed by atoms with Crippen LogP contribution in [-0.4, -0.2) is 31.6 Å². The largest absolute Gasteiger partial charge is 0.493 e. The Kier molecular flexibility index (Phi) is 5.33. The maximum atomic E-state index is 12.5. The van der Waals surface area contributed by atoms with E-state index in [1.54, 1.807) is 36.4 Å². The van der Waals surface area contributed by atoms with Crippen LogP contribution in [0.4, 0.5) is 0 Å². The molecule has 1 aromatic carbocycles. The first kappa shape index (κ1) is 16.2. The summed E-state index contributed by atoms with van der Waals surface area (Å²) in [7, 11) is 3.21. The summed E-state index contributed by atoms with van der Waals surface area (Å²) in [6, 6.07) is 6.80. The van der Waals surface area contributed by atoms with Crippen LogP contribution in [0.3, 0.4) is 0 Å². The number of methoxy groups -OCH3 is 1. The molecule has 0 fully saturated rings. The van der Waals surface area contributed by atoms with E-state index < -0.39 is 0 Å². The summed E-state index contributed by atoms with van der Waals surface area (Å²) in [5.74, 6) is 1.40. The topological polar surface area (TPSA) is 51.9 Å². The highest BCUT2D eigenvalue weighted by Gasteiger charge is 2.18. The van der Waals surface area contributed by atoms with Gasteiger partial charge in [-0.15, -0.1) is 0 Å². The molecule has 6 heteroatoms. The minimum Gasteiger partial charge on any atom is -0.493 e. The third kappa shape index (κ3) is 3.54. The van der Waals surface area contributed by atoms with Crippen molar-refractivity contribution in [3.8, 4) is 11.5 Å². The van der Waals surface area contributed by atoms with Crippen molar-refractivity contribution in [2.75, 3.05) is 20.8 Å². The van der Waals surface area contributed by atoms with E-state index in [1.165, 1.54) is 7.11 Å². The van der Waals surface area contributed by atoms with Crippen LogP contribution in [0.15, 0.2) is 34.9 Å². The number of amides is 1. The van der Waals surface area contributed by atoms with Gasteiger partial charge in [0.25, 0.3) is 5.91 Å². The first-order chi connectivity index (χ1) is 10.6.